The fourth-order valence-corrected chi connectivity index (χ4v) is 2.67. The van der Waals surface area contributed by atoms with E-state index >= 15 is 0 Å². The third kappa shape index (κ3) is 5.39. The molecule has 0 fully saturated rings. The number of carbonyl (C=O) groups is 1. The third-order valence-corrected chi connectivity index (χ3v) is 4.18. The van der Waals surface area contributed by atoms with Crippen molar-refractivity contribution in [3.8, 4) is 5.75 Å². The average Bonchev–Trinajstić information content (AvgIpc) is 2.55. The van der Waals surface area contributed by atoms with Gasteiger partial charge in [-0.05, 0) is 47.7 Å². The molecule has 2 aromatic rings. The highest BCUT2D eigenvalue weighted by Crippen LogP contribution is 2.22. The van der Waals surface area contributed by atoms with Gasteiger partial charge in [-0.25, -0.2) is 0 Å². The molecular formula is C19H22BrNO2. The number of halogens is 1. The summed E-state index contributed by atoms with van der Waals surface area (Å²) in [6, 6.07) is 15.5. The van der Waals surface area contributed by atoms with E-state index in [2.05, 4.69) is 47.2 Å². The van der Waals surface area contributed by atoms with E-state index < -0.39 is 0 Å². The predicted octanol–water partition coefficient (Wildman–Crippen LogP) is 4.46. The summed E-state index contributed by atoms with van der Waals surface area (Å²) < 4.78 is 6.23. The van der Waals surface area contributed by atoms with E-state index in [1.54, 1.807) is 19.2 Å². The smallest absolute Gasteiger partial charge is 0.251 e. The lowest BCUT2D eigenvalue weighted by atomic mass is 9.85. The minimum atomic E-state index is -0.0761. The van der Waals surface area contributed by atoms with Crippen LogP contribution >= 0.6 is 15.9 Å². The minimum absolute atomic E-state index is 0.0254. The Kier molecular flexibility index (Phi) is 5.83. The van der Waals surface area contributed by atoms with Gasteiger partial charge in [-0.1, -0.05) is 48.0 Å². The Morgan fingerprint density at radius 2 is 1.87 bits per heavy atom. The van der Waals surface area contributed by atoms with Gasteiger partial charge in [-0.15, -0.1) is 0 Å². The zero-order valence-electron chi connectivity index (χ0n) is 13.7. The number of hydrogen-bond acceptors (Lipinski definition) is 2. The standard InChI is InChI=1S/C19H22BrNO2/c1-19(2,12-14-7-9-16(20)10-8-14)13-21-18(22)15-5-4-6-17(11-15)23-3/h4-11H,12-13H2,1-3H3,(H,21,22). The number of nitrogens with one attached hydrogen (secondary N) is 1. The number of rotatable bonds is 6. The zero-order chi connectivity index (χ0) is 16.9. The van der Waals surface area contributed by atoms with E-state index in [1.165, 1.54) is 5.56 Å². The molecule has 122 valence electrons. The number of amides is 1. The summed E-state index contributed by atoms with van der Waals surface area (Å²) in [6.45, 7) is 4.92. The van der Waals surface area contributed by atoms with Crippen molar-refractivity contribution in [3.05, 3.63) is 64.1 Å². The monoisotopic (exact) mass is 375 g/mol. The van der Waals surface area contributed by atoms with E-state index in [0.29, 0.717) is 17.9 Å². The van der Waals surface area contributed by atoms with Gasteiger partial charge in [0.25, 0.3) is 5.91 Å². The summed E-state index contributed by atoms with van der Waals surface area (Å²) in [6.07, 6.45) is 0.901. The summed E-state index contributed by atoms with van der Waals surface area (Å²) in [4.78, 5) is 12.3. The van der Waals surface area contributed by atoms with Gasteiger partial charge < -0.3 is 10.1 Å². The van der Waals surface area contributed by atoms with Gasteiger partial charge in [-0.2, -0.15) is 0 Å². The van der Waals surface area contributed by atoms with E-state index in [9.17, 15) is 4.79 Å². The first-order chi connectivity index (χ1) is 10.9. The second-order valence-electron chi connectivity index (χ2n) is 6.38. The van der Waals surface area contributed by atoms with Crippen LogP contribution in [-0.4, -0.2) is 19.6 Å². The maximum Gasteiger partial charge on any atom is 0.251 e. The molecule has 3 nitrogen and oxygen atoms in total. The lowest BCUT2D eigenvalue weighted by Crippen LogP contribution is -2.35. The van der Waals surface area contributed by atoms with Crippen LogP contribution in [0.25, 0.3) is 0 Å². The molecule has 0 aliphatic carbocycles. The fraction of sp³-hybridized carbons (Fsp3) is 0.316. The van der Waals surface area contributed by atoms with E-state index in [0.717, 1.165) is 10.9 Å². The third-order valence-electron chi connectivity index (χ3n) is 3.66. The fourth-order valence-electron chi connectivity index (χ4n) is 2.40. The molecule has 0 saturated carbocycles. The SMILES string of the molecule is COc1cccc(C(=O)NCC(C)(C)Cc2ccc(Br)cc2)c1. The van der Waals surface area contributed by atoms with Crippen LogP contribution in [0.2, 0.25) is 0 Å². The summed E-state index contributed by atoms with van der Waals surface area (Å²) in [7, 11) is 1.60. The highest BCUT2D eigenvalue weighted by atomic mass is 79.9. The second kappa shape index (κ2) is 7.64. The molecule has 0 atom stereocenters. The Balaban J connectivity index is 1.95. The van der Waals surface area contributed by atoms with E-state index in [-0.39, 0.29) is 11.3 Å². The first-order valence-electron chi connectivity index (χ1n) is 7.56. The molecule has 0 aliphatic rings. The molecule has 0 radical (unpaired) electrons. The first kappa shape index (κ1) is 17.5. The second-order valence-corrected chi connectivity index (χ2v) is 7.30. The van der Waals surface area contributed by atoms with Crippen molar-refractivity contribution in [3.63, 3.8) is 0 Å². The van der Waals surface area contributed by atoms with E-state index in [1.807, 2.05) is 24.3 Å². The molecule has 0 spiro atoms. The van der Waals surface area contributed by atoms with Crippen LogP contribution in [0.4, 0.5) is 0 Å². The van der Waals surface area contributed by atoms with Crippen molar-refractivity contribution < 1.29 is 9.53 Å². The topological polar surface area (TPSA) is 38.3 Å². The molecule has 23 heavy (non-hydrogen) atoms. The maximum absolute atomic E-state index is 12.3. The van der Waals surface area contributed by atoms with E-state index in [4.69, 9.17) is 4.74 Å². The molecule has 0 unspecified atom stereocenters. The highest BCUT2D eigenvalue weighted by molar-refractivity contribution is 9.10. The zero-order valence-corrected chi connectivity index (χ0v) is 15.3. The molecular weight excluding hydrogens is 354 g/mol. The number of ether oxygens (including phenoxy) is 1. The summed E-state index contributed by atoms with van der Waals surface area (Å²) in [5.41, 5.74) is 1.85. The number of carbonyl (C=O) groups excluding carboxylic acids is 1. The maximum atomic E-state index is 12.3. The Labute approximate surface area is 146 Å². The van der Waals surface area contributed by atoms with Crippen molar-refractivity contribution >= 4 is 21.8 Å². The van der Waals surface area contributed by atoms with Crippen molar-refractivity contribution in [2.24, 2.45) is 5.41 Å². The Morgan fingerprint density at radius 1 is 1.17 bits per heavy atom. The molecule has 2 aromatic carbocycles. The van der Waals surface area contributed by atoms with Crippen LogP contribution in [0.3, 0.4) is 0 Å². The number of benzene rings is 2. The lowest BCUT2D eigenvalue weighted by molar-refractivity contribution is 0.0936. The molecule has 1 amide bonds. The average molecular weight is 376 g/mol. The van der Waals surface area contributed by atoms with Gasteiger partial charge in [0.05, 0.1) is 7.11 Å². The van der Waals surface area contributed by atoms with Gasteiger partial charge in [0.1, 0.15) is 5.75 Å². The van der Waals surface area contributed by atoms with Crippen LogP contribution in [0.15, 0.2) is 53.0 Å². The van der Waals surface area contributed by atoms with Crippen LogP contribution in [-0.2, 0) is 6.42 Å². The largest absolute Gasteiger partial charge is 0.497 e. The summed E-state index contributed by atoms with van der Waals surface area (Å²) in [5.74, 6) is 0.611. The Bertz CT molecular complexity index is 665. The van der Waals surface area contributed by atoms with Crippen LogP contribution < -0.4 is 10.1 Å². The van der Waals surface area contributed by atoms with Gasteiger partial charge in [0, 0.05) is 16.6 Å². The van der Waals surface area contributed by atoms with Crippen LogP contribution in [0, 0.1) is 5.41 Å². The Hall–Kier alpha value is -1.81. The number of methoxy groups -OCH3 is 1. The highest BCUT2D eigenvalue weighted by Gasteiger charge is 2.20. The molecule has 0 aromatic heterocycles. The molecule has 0 bridgehead atoms. The van der Waals surface area contributed by atoms with Crippen LogP contribution in [0.1, 0.15) is 29.8 Å². The van der Waals surface area contributed by atoms with Crippen molar-refractivity contribution in [2.45, 2.75) is 20.3 Å². The van der Waals surface area contributed by atoms with Crippen molar-refractivity contribution in [1.82, 2.24) is 5.32 Å². The first-order valence-corrected chi connectivity index (χ1v) is 8.36. The summed E-state index contributed by atoms with van der Waals surface area (Å²) in [5, 5.41) is 3.02. The predicted molar refractivity (Wildman–Crippen MR) is 97.0 cm³/mol. The van der Waals surface area contributed by atoms with Crippen molar-refractivity contribution in [1.29, 1.82) is 0 Å². The van der Waals surface area contributed by atoms with Crippen LogP contribution in [0.5, 0.6) is 5.75 Å². The van der Waals surface area contributed by atoms with Gasteiger partial charge in [-0.3, -0.25) is 4.79 Å². The molecule has 0 aliphatic heterocycles. The minimum Gasteiger partial charge on any atom is -0.497 e. The van der Waals surface area contributed by atoms with Gasteiger partial charge >= 0.3 is 0 Å². The molecule has 0 heterocycles. The molecule has 1 N–H and O–H groups in total. The molecule has 2 rings (SSSR count). The molecule has 4 heteroatoms. The number of hydrogen-bond donors (Lipinski definition) is 1. The summed E-state index contributed by atoms with van der Waals surface area (Å²) >= 11 is 3.45. The Morgan fingerprint density at radius 3 is 2.52 bits per heavy atom. The normalized spacial score (nSPS) is 11.1. The van der Waals surface area contributed by atoms with Gasteiger partial charge in [0.15, 0.2) is 0 Å². The lowest BCUT2D eigenvalue weighted by Gasteiger charge is -2.25. The quantitative estimate of drug-likeness (QED) is 0.809. The van der Waals surface area contributed by atoms with Gasteiger partial charge in [0.2, 0.25) is 0 Å². The van der Waals surface area contributed by atoms with Crippen molar-refractivity contribution in [2.75, 3.05) is 13.7 Å². The molecule has 0 saturated heterocycles.